The van der Waals surface area contributed by atoms with E-state index in [0.717, 1.165) is 12.8 Å². The average molecular weight is 589 g/mol. The first-order chi connectivity index (χ1) is 20.6. The van der Waals surface area contributed by atoms with Gasteiger partial charge in [-0.15, -0.1) is 6.42 Å². The van der Waals surface area contributed by atoms with Crippen LogP contribution in [-0.4, -0.2) is 82.0 Å². The molecule has 0 radical (unpaired) electrons. The molecule has 2 N–H and O–H groups in total. The van der Waals surface area contributed by atoms with E-state index >= 15 is 4.39 Å². The highest BCUT2D eigenvalue weighted by atomic mass is 19.1. The minimum absolute atomic E-state index is 0.0284. The highest BCUT2D eigenvalue weighted by Gasteiger charge is 2.41. The number of nitrogens with zero attached hydrogens (tertiary/aromatic N) is 5. The number of aromatic hydroxyl groups is 1. The predicted molar refractivity (Wildman–Crippen MR) is 158 cm³/mol. The van der Waals surface area contributed by atoms with Gasteiger partial charge in [-0.1, -0.05) is 12.0 Å². The summed E-state index contributed by atoms with van der Waals surface area (Å²) in [7, 11) is 1.84. The molecule has 4 aromatic rings. The number of benzene rings is 2. The van der Waals surface area contributed by atoms with Crippen molar-refractivity contribution in [3.63, 3.8) is 0 Å². The molecule has 11 heteroatoms. The Labute approximate surface area is 246 Å². The Morgan fingerprint density at radius 3 is 2.63 bits per heavy atom. The number of phenols is 1. The van der Waals surface area contributed by atoms with E-state index in [4.69, 9.17) is 16.1 Å². The first-order valence-electron chi connectivity index (χ1n) is 14.4. The number of hydrogen-bond donors (Lipinski definition) is 2. The van der Waals surface area contributed by atoms with Gasteiger partial charge < -0.3 is 20.1 Å². The number of rotatable bonds is 5. The van der Waals surface area contributed by atoms with Gasteiger partial charge in [0.05, 0.1) is 16.5 Å². The maximum absolute atomic E-state index is 16.6. The molecule has 2 aromatic carbocycles. The summed E-state index contributed by atoms with van der Waals surface area (Å²) in [6, 6.07) is 5.98. The van der Waals surface area contributed by atoms with Crippen molar-refractivity contribution in [1.29, 1.82) is 0 Å². The lowest BCUT2D eigenvalue weighted by molar-refractivity contribution is 0.108. The van der Waals surface area contributed by atoms with Crippen LogP contribution < -0.4 is 15.0 Å². The SMILES string of the molecule is C#Cc1c(F)ccc2cc(O)cc(-c3ncc4c(N5C[C@H]6CC[C@@H](C5)N6)nc(OC[C@@]5(C)C[C@@H](F)CN5C)nc4c3F)c12. The van der Waals surface area contributed by atoms with E-state index in [0.29, 0.717) is 42.6 Å². The molecule has 0 aliphatic carbocycles. The largest absolute Gasteiger partial charge is 0.508 e. The van der Waals surface area contributed by atoms with Crippen LogP contribution in [0.25, 0.3) is 32.9 Å². The Kier molecular flexibility index (Phi) is 6.59. The summed E-state index contributed by atoms with van der Waals surface area (Å²) in [5, 5.41) is 15.2. The summed E-state index contributed by atoms with van der Waals surface area (Å²) in [5.74, 6) is 1.29. The third-order valence-corrected chi connectivity index (χ3v) is 9.18. The van der Waals surface area contributed by atoms with Crippen molar-refractivity contribution in [3.05, 3.63) is 47.7 Å². The quantitative estimate of drug-likeness (QED) is 0.328. The van der Waals surface area contributed by atoms with Gasteiger partial charge >= 0.3 is 6.01 Å². The zero-order chi connectivity index (χ0) is 30.0. The van der Waals surface area contributed by atoms with Gasteiger partial charge in [0.1, 0.15) is 41.4 Å². The molecule has 3 aliphatic rings. The molecule has 7 rings (SSSR count). The van der Waals surface area contributed by atoms with Crippen molar-refractivity contribution in [1.82, 2.24) is 25.2 Å². The molecule has 5 heterocycles. The summed E-state index contributed by atoms with van der Waals surface area (Å²) in [6.45, 7) is 3.69. The second-order valence-corrected chi connectivity index (χ2v) is 12.2. The van der Waals surface area contributed by atoms with Crippen LogP contribution in [0.3, 0.4) is 0 Å². The molecule has 3 aliphatic heterocycles. The maximum atomic E-state index is 16.6. The van der Waals surface area contributed by atoms with Gasteiger partial charge in [-0.05, 0) is 50.4 Å². The van der Waals surface area contributed by atoms with Gasteiger partial charge in [-0.3, -0.25) is 9.88 Å². The lowest BCUT2D eigenvalue weighted by atomic mass is 9.96. The summed E-state index contributed by atoms with van der Waals surface area (Å²) >= 11 is 0. The number of terminal acetylenes is 1. The van der Waals surface area contributed by atoms with Gasteiger partial charge in [-0.2, -0.15) is 9.97 Å². The molecular weight excluding hydrogens is 557 g/mol. The van der Waals surface area contributed by atoms with Gasteiger partial charge in [0.2, 0.25) is 0 Å². The molecule has 0 saturated carbocycles. The topological polar surface area (TPSA) is 86.6 Å². The van der Waals surface area contributed by atoms with E-state index < -0.39 is 23.3 Å². The van der Waals surface area contributed by atoms with Crippen LogP contribution in [0.5, 0.6) is 11.8 Å². The third-order valence-electron chi connectivity index (χ3n) is 9.18. The fourth-order valence-corrected chi connectivity index (χ4v) is 6.84. The lowest BCUT2D eigenvalue weighted by Gasteiger charge is -2.34. The Balaban J connectivity index is 1.39. The Morgan fingerprint density at radius 1 is 1.16 bits per heavy atom. The van der Waals surface area contributed by atoms with E-state index in [1.807, 2.05) is 18.9 Å². The van der Waals surface area contributed by atoms with Gasteiger partial charge in [0.15, 0.2) is 5.82 Å². The van der Waals surface area contributed by atoms with Crippen molar-refractivity contribution in [2.24, 2.45) is 0 Å². The zero-order valence-electron chi connectivity index (χ0n) is 23.9. The van der Waals surface area contributed by atoms with Crippen molar-refractivity contribution < 1.29 is 23.0 Å². The number of likely N-dealkylation sites (N-methyl/N-ethyl adjacent to an activating group) is 1. The number of piperazine rings is 1. The van der Waals surface area contributed by atoms with Crippen molar-refractivity contribution in [2.75, 3.05) is 38.2 Å². The molecule has 3 fully saturated rings. The number of ether oxygens (including phenoxy) is 1. The molecule has 43 heavy (non-hydrogen) atoms. The number of fused-ring (bicyclic) bond motifs is 4. The van der Waals surface area contributed by atoms with Crippen LogP contribution in [0.1, 0.15) is 31.7 Å². The number of likely N-dealkylation sites (tertiary alicyclic amines) is 1. The van der Waals surface area contributed by atoms with E-state index in [-0.39, 0.29) is 58.2 Å². The summed E-state index contributed by atoms with van der Waals surface area (Å²) in [6.07, 6.45) is 8.56. The highest BCUT2D eigenvalue weighted by molar-refractivity contribution is 6.03. The molecule has 2 bridgehead atoms. The Bertz CT molecular complexity index is 1800. The standard InChI is InChI=1S/C32H31F3N6O2/c1-4-22-25(34)8-5-17-9-21(42)10-23(26(17)22)28-27(35)29-24(12-36-28)30(41-14-19-6-7-20(15-41)37-19)39-31(38-29)43-16-32(2)11-18(33)13-40(32)3/h1,5,8-10,12,18-20,37,42H,6-7,11,13-16H2,2-3H3/t18-,19-,20+,32-/m1/s1. The summed E-state index contributed by atoms with van der Waals surface area (Å²) in [4.78, 5) is 17.7. The van der Waals surface area contributed by atoms with Crippen LogP contribution >= 0.6 is 0 Å². The molecule has 4 atom stereocenters. The second kappa shape index (κ2) is 10.2. The second-order valence-electron chi connectivity index (χ2n) is 12.2. The third kappa shape index (κ3) is 4.69. The average Bonchev–Trinajstić information content (AvgIpc) is 3.46. The Morgan fingerprint density at radius 2 is 1.93 bits per heavy atom. The van der Waals surface area contributed by atoms with Gasteiger partial charge in [0.25, 0.3) is 0 Å². The van der Waals surface area contributed by atoms with Crippen molar-refractivity contribution in [3.8, 4) is 35.4 Å². The minimum Gasteiger partial charge on any atom is -0.508 e. The number of halogens is 3. The number of anilines is 1. The Hall–Kier alpha value is -4.14. The van der Waals surface area contributed by atoms with E-state index in [9.17, 15) is 13.9 Å². The molecule has 8 nitrogen and oxygen atoms in total. The summed E-state index contributed by atoms with van der Waals surface area (Å²) in [5.41, 5.74) is -0.672. The van der Waals surface area contributed by atoms with Crippen molar-refractivity contribution in [2.45, 2.75) is 50.0 Å². The van der Waals surface area contributed by atoms with E-state index in [2.05, 4.69) is 26.1 Å². The number of alkyl halides is 1. The molecule has 0 spiro atoms. The zero-order valence-corrected chi connectivity index (χ0v) is 23.9. The summed E-state index contributed by atoms with van der Waals surface area (Å²) < 4.78 is 51.7. The number of nitrogens with one attached hydrogen (secondary N) is 1. The van der Waals surface area contributed by atoms with E-state index in [1.165, 1.54) is 30.5 Å². The lowest BCUT2D eigenvalue weighted by Crippen LogP contribution is -2.51. The molecule has 0 amide bonds. The first kappa shape index (κ1) is 27.7. The number of hydrogen-bond acceptors (Lipinski definition) is 8. The maximum Gasteiger partial charge on any atom is 0.319 e. The van der Waals surface area contributed by atoms with Crippen LogP contribution in [0.4, 0.5) is 19.0 Å². The number of phenolic OH excluding ortho intramolecular Hbond substituents is 1. The predicted octanol–water partition coefficient (Wildman–Crippen LogP) is 4.56. The number of aromatic nitrogens is 3. The van der Waals surface area contributed by atoms with Crippen LogP contribution in [0, 0.1) is 24.0 Å². The van der Waals surface area contributed by atoms with Gasteiger partial charge in [-0.25, -0.2) is 13.2 Å². The molecule has 222 valence electrons. The fourth-order valence-electron chi connectivity index (χ4n) is 6.84. The number of pyridine rings is 1. The van der Waals surface area contributed by atoms with Crippen LogP contribution in [0.2, 0.25) is 0 Å². The monoisotopic (exact) mass is 588 g/mol. The molecule has 2 aromatic heterocycles. The molecule has 3 saturated heterocycles. The first-order valence-corrected chi connectivity index (χ1v) is 14.4. The molecular formula is C32H31F3N6O2. The van der Waals surface area contributed by atoms with Crippen LogP contribution in [0.15, 0.2) is 30.5 Å². The highest BCUT2D eigenvalue weighted by Crippen LogP contribution is 2.39. The minimum atomic E-state index is -0.969. The van der Waals surface area contributed by atoms with Gasteiger partial charge in [0, 0.05) is 55.3 Å². The van der Waals surface area contributed by atoms with Crippen molar-refractivity contribution >= 4 is 27.5 Å². The smallest absolute Gasteiger partial charge is 0.319 e. The van der Waals surface area contributed by atoms with E-state index in [1.54, 1.807) is 0 Å². The fraction of sp³-hybridized carbons (Fsp3) is 0.406. The molecule has 0 unspecified atom stereocenters. The normalized spacial score (nSPS) is 25.5. The van der Waals surface area contributed by atoms with Crippen LogP contribution in [-0.2, 0) is 0 Å².